The molecule has 0 bridgehead atoms. The lowest BCUT2D eigenvalue weighted by atomic mass is 9.96. The Balaban J connectivity index is 2.18. The van der Waals surface area contributed by atoms with Crippen LogP contribution in [0.3, 0.4) is 0 Å². The number of piperidine rings is 1. The highest BCUT2D eigenvalue weighted by atomic mass is 32.2. The molecule has 1 aliphatic heterocycles. The number of nitriles is 1. The van der Waals surface area contributed by atoms with Gasteiger partial charge in [-0.3, -0.25) is 0 Å². The lowest BCUT2D eigenvalue weighted by Crippen LogP contribution is -2.40. The van der Waals surface area contributed by atoms with Gasteiger partial charge in [0.05, 0.1) is 16.5 Å². The van der Waals surface area contributed by atoms with Crippen molar-refractivity contribution in [1.82, 2.24) is 4.31 Å². The number of nitrogens with two attached hydrogens (primary N) is 1. The molecular formula is C14H19N3O2S. The van der Waals surface area contributed by atoms with E-state index in [1.165, 1.54) is 28.6 Å². The summed E-state index contributed by atoms with van der Waals surface area (Å²) >= 11 is 0. The number of benzene rings is 1. The van der Waals surface area contributed by atoms with Crippen molar-refractivity contribution in [2.45, 2.75) is 24.2 Å². The normalized spacial score (nSPS) is 20.5. The Labute approximate surface area is 120 Å². The minimum Gasteiger partial charge on any atom is -0.330 e. The first-order valence-corrected chi connectivity index (χ1v) is 8.22. The molecule has 0 amide bonds. The molecular weight excluding hydrogens is 274 g/mol. The number of hydrogen-bond donors (Lipinski definition) is 1. The Kier molecular flexibility index (Phi) is 4.76. The first-order chi connectivity index (χ1) is 9.57. The van der Waals surface area contributed by atoms with E-state index in [1.807, 2.05) is 6.07 Å². The third kappa shape index (κ3) is 3.18. The highest BCUT2D eigenvalue weighted by Gasteiger charge is 2.29. The molecule has 1 aromatic rings. The van der Waals surface area contributed by atoms with E-state index in [-0.39, 0.29) is 4.90 Å². The summed E-state index contributed by atoms with van der Waals surface area (Å²) in [4.78, 5) is 0.255. The summed E-state index contributed by atoms with van der Waals surface area (Å²) in [5.41, 5.74) is 6.02. The van der Waals surface area contributed by atoms with Gasteiger partial charge in [0.25, 0.3) is 0 Å². The minimum absolute atomic E-state index is 0.255. The van der Waals surface area contributed by atoms with Crippen molar-refractivity contribution in [2.24, 2.45) is 11.7 Å². The van der Waals surface area contributed by atoms with Gasteiger partial charge >= 0.3 is 0 Å². The summed E-state index contributed by atoms with van der Waals surface area (Å²) in [6.45, 7) is 1.69. The van der Waals surface area contributed by atoms with Gasteiger partial charge in [0.1, 0.15) is 0 Å². The van der Waals surface area contributed by atoms with Crippen molar-refractivity contribution in [3.8, 4) is 6.07 Å². The van der Waals surface area contributed by atoms with Gasteiger partial charge in [-0.15, -0.1) is 0 Å². The van der Waals surface area contributed by atoms with Crippen LogP contribution in [0.1, 0.15) is 24.8 Å². The van der Waals surface area contributed by atoms with Crippen molar-refractivity contribution in [3.05, 3.63) is 29.8 Å². The maximum absolute atomic E-state index is 12.5. The maximum atomic E-state index is 12.5. The molecule has 2 rings (SSSR count). The molecule has 20 heavy (non-hydrogen) atoms. The van der Waals surface area contributed by atoms with E-state index in [0.717, 1.165) is 19.3 Å². The Hall–Kier alpha value is -1.42. The molecule has 1 aromatic carbocycles. The van der Waals surface area contributed by atoms with Crippen LogP contribution in [0.2, 0.25) is 0 Å². The zero-order chi connectivity index (χ0) is 14.6. The highest BCUT2D eigenvalue weighted by Crippen LogP contribution is 2.25. The maximum Gasteiger partial charge on any atom is 0.243 e. The zero-order valence-corrected chi connectivity index (χ0v) is 12.1. The van der Waals surface area contributed by atoms with Gasteiger partial charge in [-0.2, -0.15) is 9.57 Å². The number of rotatable bonds is 4. The van der Waals surface area contributed by atoms with Gasteiger partial charge in [0.2, 0.25) is 10.0 Å². The molecule has 1 aliphatic rings. The van der Waals surface area contributed by atoms with Crippen LogP contribution in [0, 0.1) is 17.2 Å². The van der Waals surface area contributed by atoms with Crippen LogP contribution in [0.25, 0.3) is 0 Å². The van der Waals surface area contributed by atoms with E-state index in [9.17, 15) is 8.42 Å². The molecule has 1 unspecified atom stereocenters. The van der Waals surface area contributed by atoms with Gasteiger partial charge in [-0.05, 0) is 56.0 Å². The average Bonchev–Trinajstić information content (AvgIpc) is 2.48. The monoisotopic (exact) mass is 293 g/mol. The summed E-state index contributed by atoms with van der Waals surface area (Å²) in [6.07, 6.45) is 2.77. The molecule has 0 aliphatic carbocycles. The van der Waals surface area contributed by atoms with E-state index in [0.29, 0.717) is 31.1 Å². The second kappa shape index (κ2) is 6.35. The quantitative estimate of drug-likeness (QED) is 0.906. The van der Waals surface area contributed by atoms with Gasteiger partial charge < -0.3 is 5.73 Å². The van der Waals surface area contributed by atoms with Gasteiger partial charge in [-0.25, -0.2) is 8.42 Å². The van der Waals surface area contributed by atoms with Crippen LogP contribution < -0.4 is 5.73 Å². The van der Waals surface area contributed by atoms with Gasteiger partial charge in [-0.1, -0.05) is 0 Å². The summed E-state index contributed by atoms with van der Waals surface area (Å²) in [5, 5.41) is 8.75. The summed E-state index contributed by atoms with van der Waals surface area (Å²) < 4.78 is 26.6. The lowest BCUT2D eigenvalue weighted by Gasteiger charge is -2.31. The number of hydrogen-bond acceptors (Lipinski definition) is 4. The number of nitrogens with zero attached hydrogens (tertiary/aromatic N) is 2. The third-order valence-electron chi connectivity index (χ3n) is 3.68. The third-order valence-corrected chi connectivity index (χ3v) is 5.56. The minimum atomic E-state index is -3.46. The predicted octanol–water partition coefficient (Wildman–Crippen LogP) is 1.31. The van der Waals surface area contributed by atoms with E-state index in [2.05, 4.69) is 0 Å². The van der Waals surface area contributed by atoms with Gasteiger partial charge in [0.15, 0.2) is 0 Å². The Bertz CT molecular complexity index is 588. The summed E-state index contributed by atoms with van der Waals surface area (Å²) in [6, 6.07) is 8.06. The van der Waals surface area contributed by atoms with Crippen molar-refractivity contribution in [2.75, 3.05) is 19.6 Å². The molecule has 1 heterocycles. The van der Waals surface area contributed by atoms with Crippen LogP contribution >= 0.6 is 0 Å². The van der Waals surface area contributed by atoms with Crippen LogP contribution in [0.15, 0.2) is 29.2 Å². The fraction of sp³-hybridized carbons (Fsp3) is 0.500. The predicted molar refractivity (Wildman–Crippen MR) is 76.3 cm³/mol. The molecule has 1 saturated heterocycles. The fourth-order valence-electron chi connectivity index (χ4n) is 2.57. The second-order valence-electron chi connectivity index (χ2n) is 5.08. The Morgan fingerprint density at radius 1 is 1.35 bits per heavy atom. The van der Waals surface area contributed by atoms with Crippen molar-refractivity contribution < 1.29 is 8.42 Å². The second-order valence-corrected chi connectivity index (χ2v) is 7.02. The highest BCUT2D eigenvalue weighted by molar-refractivity contribution is 7.89. The first-order valence-electron chi connectivity index (χ1n) is 6.78. The molecule has 6 heteroatoms. The van der Waals surface area contributed by atoms with E-state index < -0.39 is 10.0 Å². The molecule has 1 atom stereocenters. The molecule has 5 nitrogen and oxygen atoms in total. The lowest BCUT2D eigenvalue weighted by molar-refractivity contribution is 0.258. The topological polar surface area (TPSA) is 87.2 Å². The molecule has 0 radical (unpaired) electrons. The van der Waals surface area contributed by atoms with Crippen LogP contribution in [-0.4, -0.2) is 32.4 Å². The van der Waals surface area contributed by atoms with Gasteiger partial charge in [0, 0.05) is 13.1 Å². The van der Waals surface area contributed by atoms with Crippen molar-refractivity contribution in [3.63, 3.8) is 0 Å². The fourth-order valence-corrected chi connectivity index (χ4v) is 4.12. The molecule has 0 spiro atoms. The summed E-state index contributed by atoms with van der Waals surface area (Å²) in [7, 11) is -3.46. The van der Waals surface area contributed by atoms with Crippen LogP contribution in [0.4, 0.5) is 0 Å². The standard InChI is InChI=1S/C14H19N3O2S/c15-8-7-13-2-1-9-17(11-13)20(18,19)14-5-3-12(10-16)4-6-14/h3-6,13H,1-2,7-9,11,15H2. The van der Waals surface area contributed by atoms with Crippen LogP contribution in [0.5, 0.6) is 0 Å². The molecule has 0 saturated carbocycles. The first kappa shape index (κ1) is 15.0. The number of sulfonamides is 1. The zero-order valence-electron chi connectivity index (χ0n) is 11.3. The van der Waals surface area contributed by atoms with Crippen LogP contribution in [-0.2, 0) is 10.0 Å². The smallest absolute Gasteiger partial charge is 0.243 e. The van der Waals surface area contributed by atoms with E-state index in [4.69, 9.17) is 11.0 Å². The van der Waals surface area contributed by atoms with Crippen molar-refractivity contribution in [1.29, 1.82) is 5.26 Å². The largest absolute Gasteiger partial charge is 0.330 e. The summed E-state index contributed by atoms with van der Waals surface area (Å²) in [5.74, 6) is 0.349. The van der Waals surface area contributed by atoms with E-state index in [1.54, 1.807) is 0 Å². The molecule has 108 valence electrons. The Morgan fingerprint density at radius 3 is 2.65 bits per heavy atom. The Morgan fingerprint density at radius 2 is 2.05 bits per heavy atom. The molecule has 2 N–H and O–H groups in total. The molecule has 1 fully saturated rings. The SMILES string of the molecule is N#Cc1ccc(S(=O)(=O)N2CCCC(CCN)C2)cc1. The van der Waals surface area contributed by atoms with E-state index >= 15 is 0 Å². The molecule has 0 aromatic heterocycles. The van der Waals surface area contributed by atoms with Crippen molar-refractivity contribution >= 4 is 10.0 Å². The average molecular weight is 293 g/mol.